The zero-order chi connectivity index (χ0) is 12.2. The van der Waals surface area contributed by atoms with Crippen LogP contribution in [0.4, 0.5) is 0 Å². The number of fused-ring (bicyclic) bond motifs is 3. The second-order valence-corrected chi connectivity index (χ2v) is 7.82. The molecule has 0 heterocycles. The summed E-state index contributed by atoms with van der Waals surface area (Å²) in [6.07, 6.45) is 5.92. The van der Waals surface area contributed by atoms with E-state index in [1.54, 1.807) is 11.1 Å². The lowest BCUT2D eigenvalue weighted by molar-refractivity contribution is 0.612. The Morgan fingerprint density at radius 3 is 2.76 bits per heavy atom. The fourth-order valence-corrected chi connectivity index (χ4v) is 4.19. The van der Waals surface area contributed by atoms with Crippen LogP contribution in [0.15, 0.2) is 39.5 Å². The van der Waals surface area contributed by atoms with Gasteiger partial charge in [0.2, 0.25) is 0 Å². The van der Waals surface area contributed by atoms with Gasteiger partial charge in [0.1, 0.15) is 0 Å². The molecule has 0 amide bonds. The molecule has 2 aliphatic carbocycles. The summed E-state index contributed by atoms with van der Waals surface area (Å²) in [7, 11) is 0. The third-order valence-corrected chi connectivity index (χ3v) is 5.43. The van der Waals surface area contributed by atoms with E-state index in [1.807, 2.05) is 0 Å². The molecule has 1 aromatic rings. The molecule has 0 fully saturated rings. The van der Waals surface area contributed by atoms with E-state index < -0.39 is 0 Å². The summed E-state index contributed by atoms with van der Waals surface area (Å²) < 4.78 is 2.74. The fourth-order valence-electron chi connectivity index (χ4n) is 3.11. The van der Waals surface area contributed by atoms with Crippen LogP contribution < -0.4 is 0 Å². The van der Waals surface area contributed by atoms with Crippen molar-refractivity contribution in [2.24, 2.45) is 0 Å². The highest BCUT2D eigenvalue weighted by atomic mass is 127. The monoisotopic (exact) mass is 448 g/mol. The average molecular weight is 448 g/mol. The molecule has 0 bridgehead atoms. The van der Waals surface area contributed by atoms with E-state index in [1.165, 1.54) is 19.1 Å². The molecule has 1 aromatic carbocycles. The highest BCUT2D eigenvalue weighted by Crippen LogP contribution is 2.53. The quantitative estimate of drug-likeness (QED) is 0.472. The van der Waals surface area contributed by atoms with Crippen LogP contribution in [-0.4, -0.2) is 0 Å². The maximum atomic E-state index is 2.44. The van der Waals surface area contributed by atoms with Crippen molar-refractivity contribution in [3.63, 3.8) is 0 Å². The van der Waals surface area contributed by atoms with Gasteiger partial charge in [0, 0.05) is 18.5 Å². The minimum Gasteiger partial charge on any atom is -0.0702 e. The van der Waals surface area contributed by atoms with E-state index in [2.05, 4.69) is 89.4 Å². The normalized spacial score (nSPS) is 24.8. The zero-order valence-corrected chi connectivity index (χ0v) is 14.2. The van der Waals surface area contributed by atoms with Crippen molar-refractivity contribution in [3.05, 3.63) is 54.2 Å². The Labute approximate surface area is 130 Å². The molecule has 88 valence electrons. The van der Waals surface area contributed by atoms with Crippen LogP contribution in [0, 0.1) is 3.57 Å². The topological polar surface area (TPSA) is 0 Å². The van der Waals surface area contributed by atoms with Crippen LogP contribution >= 0.6 is 45.2 Å². The van der Waals surface area contributed by atoms with Crippen LogP contribution in [0.3, 0.4) is 0 Å². The van der Waals surface area contributed by atoms with E-state index in [0.29, 0.717) is 5.92 Å². The predicted octanol–water partition coefficient (Wildman–Crippen LogP) is 5.32. The van der Waals surface area contributed by atoms with Crippen LogP contribution in [0.5, 0.6) is 0 Å². The van der Waals surface area contributed by atoms with Crippen LogP contribution in [0.1, 0.15) is 37.3 Å². The van der Waals surface area contributed by atoms with Gasteiger partial charge in [0.15, 0.2) is 0 Å². The predicted molar refractivity (Wildman–Crippen MR) is 89.7 cm³/mol. The molecule has 2 heteroatoms. The molecular weight excluding hydrogens is 434 g/mol. The molecule has 0 unspecified atom stereocenters. The maximum absolute atomic E-state index is 2.44. The Bertz CT molecular complexity index is 550. The molecule has 0 spiro atoms. The van der Waals surface area contributed by atoms with Gasteiger partial charge in [-0.1, -0.05) is 31.6 Å². The van der Waals surface area contributed by atoms with Crippen molar-refractivity contribution in [2.75, 3.05) is 0 Å². The van der Waals surface area contributed by atoms with Crippen molar-refractivity contribution in [2.45, 2.75) is 31.6 Å². The van der Waals surface area contributed by atoms with Crippen molar-refractivity contribution in [1.82, 2.24) is 0 Å². The van der Waals surface area contributed by atoms with Gasteiger partial charge in [-0.25, -0.2) is 0 Å². The highest BCUT2D eigenvalue weighted by molar-refractivity contribution is 14.1. The standard InChI is InChI=1S/C15H14I2/c1-15(2)13-7-9(16)3-5-11(13)12-6-4-10(17)8-14(12)15/h3-5,7-8,12H,6H2,1-2H3/t12-/m1/s1. The lowest BCUT2D eigenvalue weighted by atomic mass is 9.79. The molecule has 0 aromatic heterocycles. The summed E-state index contributed by atoms with van der Waals surface area (Å²) in [5.41, 5.74) is 4.87. The highest BCUT2D eigenvalue weighted by Gasteiger charge is 2.41. The van der Waals surface area contributed by atoms with Crippen molar-refractivity contribution in [3.8, 4) is 0 Å². The average Bonchev–Trinajstić information content (AvgIpc) is 2.49. The van der Waals surface area contributed by atoms with Gasteiger partial charge in [0.25, 0.3) is 0 Å². The number of rotatable bonds is 0. The molecule has 0 nitrogen and oxygen atoms in total. The number of benzene rings is 1. The second-order valence-electron chi connectivity index (χ2n) is 5.33. The lowest BCUT2D eigenvalue weighted by Crippen LogP contribution is -2.17. The Balaban J connectivity index is 2.23. The first kappa shape index (κ1) is 12.2. The summed E-state index contributed by atoms with van der Waals surface area (Å²) in [4.78, 5) is 0. The van der Waals surface area contributed by atoms with Crippen LogP contribution in [0.25, 0.3) is 0 Å². The molecular formula is C15H14I2. The fraction of sp³-hybridized carbons (Fsp3) is 0.333. The summed E-state index contributed by atoms with van der Waals surface area (Å²) >= 11 is 4.85. The third-order valence-electron chi connectivity index (χ3n) is 4.00. The number of hydrogen-bond donors (Lipinski definition) is 0. The van der Waals surface area contributed by atoms with Crippen LogP contribution in [-0.2, 0) is 5.41 Å². The van der Waals surface area contributed by atoms with Crippen molar-refractivity contribution in [1.29, 1.82) is 0 Å². The number of hydrogen-bond acceptors (Lipinski definition) is 0. The number of allylic oxidation sites excluding steroid dienone is 4. The van der Waals surface area contributed by atoms with Gasteiger partial charge >= 0.3 is 0 Å². The molecule has 0 aliphatic heterocycles. The van der Waals surface area contributed by atoms with Gasteiger partial charge in [-0.2, -0.15) is 0 Å². The van der Waals surface area contributed by atoms with E-state index in [-0.39, 0.29) is 5.41 Å². The minimum absolute atomic E-state index is 0.200. The Morgan fingerprint density at radius 1 is 1.24 bits per heavy atom. The largest absolute Gasteiger partial charge is 0.0702 e. The molecule has 0 saturated carbocycles. The van der Waals surface area contributed by atoms with Gasteiger partial charge in [0.05, 0.1) is 0 Å². The number of halogens is 2. The van der Waals surface area contributed by atoms with Gasteiger partial charge in [-0.3, -0.25) is 0 Å². The Morgan fingerprint density at radius 2 is 2.00 bits per heavy atom. The summed E-state index contributed by atoms with van der Waals surface area (Å²) in [5.74, 6) is 0.621. The van der Waals surface area contributed by atoms with E-state index in [9.17, 15) is 0 Å². The van der Waals surface area contributed by atoms with E-state index in [0.717, 1.165) is 0 Å². The molecule has 2 aliphatic rings. The summed E-state index contributed by atoms with van der Waals surface area (Å²) in [6.45, 7) is 4.73. The first-order chi connectivity index (χ1) is 8.00. The Kier molecular flexibility index (Phi) is 2.93. The van der Waals surface area contributed by atoms with Gasteiger partial charge in [-0.15, -0.1) is 0 Å². The minimum atomic E-state index is 0.200. The van der Waals surface area contributed by atoms with Crippen molar-refractivity contribution >= 4 is 45.2 Å². The lowest BCUT2D eigenvalue weighted by Gasteiger charge is -2.26. The molecule has 17 heavy (non-hydrogen) atoms. The summed E-state index contributed by atoms with van der Waals surface area (Å²) in [5, 5.41) is 0. The second kappa shape index (κ2) is 4.08. The molecule has 3 rings (SSSR count). The van der Waals surface area contributed by atoms with Crippen LogP contribution in [0.2, 0.25) is 0 Å². The van der Waals surface area contributed by atoms with E-state index >= 15 is 0 Å². The van der Waals surface area contributed by atoms with Gasteiger partial charge in [-0.05, 0) is 80.9 Å². The van der Waals surface area contributed by atoms with Gasteiger partial charge < -0.3 is 0 Å². The first-order valence-corrected chi connectivity index (χ1v) is 8.03. The summed E-state index contributed by atoms with van der Waals surface area (Å²) in [6, 6.07) is 6.93. The van der Waals surface area contributed by atoms with E-state index in [4.69, 9.17) is 0 Å². The maximum Gasteiger partial charge on any atom is 0.0133 e. The SMILES string of the molecule is CC1(C)C2=CC(I)=CC[C@@H]2c2ccc(I)cc21. The zero-order valence-electron chi connectivity index (χ0n) is 9.93. The Hall–Kier alpha value is 0.160. The molecule has 0 radical (unpaired) electrons. The molecule has 0 saturated heterocycles. The van der Waals surface area contributed by atoms with Crippen molar-refractivity contribution < 1.29 is 0 Å². The first-order valence-electron chi connectivity index (χ1n) is 5.88. The molecule has 1 atom stereocenters. The molecule has 0 N–H and O–H groups in total. The smallest absolute Gasteiger partial charge is 0.0133 e. The third kappa shape index (κ3) is 1.82.